The average Bonchev–Trinajstić information content (AvgIpc) is 3.41. The molecule has 3 aromatic rings. The van der Waals surface area contributed by atoms with Crippen LogP contribution in [-0.2, 0) is 25.5 Å². The molecule has 0 aromatic carbocycles. The fourth-order valence-electron chi connectivity index (χ4n) is 2.53. The monoisotopic (exact) mass is 433 g/mol. The predicted octanol–water partition coefficient (Wildman–Crippen LogP) is 4.28. The van der Waals surface area contributed by atoms with Crippen molar-refractivity contribution in [2.45, 2.75) is 20.3 Å². The molecule has 0 saturated carbocycles. The van der Waals surface area contributed by atoms with Crippen LogP contribution in [0.3, 0.4) is 0 Å². The van der Waals surface area contributed by atoms with Gasteiger partial charge in [0.15, 0.2) is 6.61 Å². The Morgan fingerprint density at radius 1 is 1.14 bits per heavy atom. The summed E-state index contributed by atoms with van der Waals surface area (Å²) in [6, 6.07) is 7.19. The molecule has 3 heterocycles. The van der Waals surface area contributed by atoms with Crippen LogP contribution < -0.4 is 5.32 Å². The van der Waals surface area contributed by atoms with Gasteiger partial charge in [0, 0.05) is 15.8 Å². The van der Waals surface area contributed by atoms with Crippen molar-refractivity contribution in [2.75, 3.05) is 18.5 Å². The van der Waals surface area contributed by atoms with Crippen LogP contribution in [0.2, 0.25) is 0 Å². The minimum Gasteiger partial charge on any atom is -0.462 e. The Labute approximate surface area is 175 Å². The van der Waals surface area contributed by atoms with E-state index in [1.165, 1.54) is 22.7 Å². The third kappa shape index (κ3) is 5.33. The molecular weight excluding hydrogens is 414 g/mol. The van der Waals surface area contributed by atoms with Gasteiger partial charge >= 0.3 is 11.9 Å². The minimum absolute atomic E-state index is 0.111. The molecule has 0 spiro atoms. The van der Waals surface area contributed by atoms with Crippen LogP contribution in [0.4, 0.5) is 5.00 Å². The highest BCUT2D eigenvalue weighted by atomic mass is 32.1. The van der Waals surface area contributed by atoms with E-state index in [2.05, 4.69) is 5.32 Å². The third-order valence-corrected chi connectivity index (χ3v) is 5.56. The zero-order valence-electron chi connectivity index (χ0n) is 15.9. The fourth-order valence-corrected chi connectivity index (χ4v) is 4.18. The molecule has 29 heavy (non-hydrogen) atoms. The average molecular weight is 434 g/mol. The lowest BCUT2D eigenvalue weighted by molar-refractivity contribution is -0.146. The molecule has 7 nitrogen and oxygen atoms in total. The molecule has 0 aliphatic heterocycles. The number of carbonyl (C=O) groups is 3. The molecule has 0 bridgehead atoms. The maximum absolute atomic E-state index is 12.5. The van der Waals surface area contributed by atoms with E-state index < -0.39 is 24.5 Å². The predicted molar refractivity (Wildman–Crippen MR) is 110 cm³/mol. The molecule has 0 unspecified atom stereocenters. The van der Waals surface area contributed by atoms with Crippen molar-refractivity contribution >= 4 is 45.5 Å². The quantitative estimate of drug-likeness (QED) is 0.533. The number of ether oxygens (including phenoxy) is 2. The van der Waals surface area contributed by atoms with Gasteiger partial charge in [-0.3, -0.25) is 9.59 Å². The van der Waals surface area contributed by atoms with Gasteiger partial charge in [0.25, 0.3) is 5.91 Å². The zero-order chi connectivity index (χ0) is 20.8. The topological polar surface area (TPSA) is 94.8 Å². The second kappa shape index (κ2) is 9.53. The Bertz CT molecular complexity index is 1000. The van der Waals surface area contributed by atoms with E-state index in [1.807, 2.05) is 17.5 Å². The molecule has 3 aromatic heterocycles. The number of thiophene rings is 2. The van der Waals surface area contributed by atoms with E-state index >= 15 is 0 Å². The summed E-state index contributed by atoms with van der Waals surface area (Å²) in [7, 11) is 0. The summed E-state index contributed by atoms with van der Waals surface area (Å²) in [5, 5.41) is 6.51. The molecular formula is C20H19NO6S2. The standard InChI is InChI=1S/C20H19NO6S2/c1-3-25-20(24)18-14(15-7-6-12(2)27-15)11-29-19(18)21-16(22)10-26-17(23)9-13-5-4-8-28-13/h4-8,11H,3,9-10H2,1-2H3,(H,21,22). The Morgan fingerprint density at radius 2 is 1.97 bits per heavy atom. The molecule has 0 fully saturated rings. The van der Waals surface area contributed by atoms with Crippen molar-refractivity contribution in [1.29, 1.82) is 0 Å². The molecule has 1 amide bonds. The Hall–Kier alpha value is -2.91. The van der Waals surface area contributed by atoms with E-state index in [0.717, 1.165) is 4.88 Å². The van der Waals surface area contributed by atoms with Crippen LogP contribution in [0, 0.1) is 6.92 Å². The number of esters is 2. The number of hydrogen-bond acceptors (Lipinski definition) is 8. The van der Waals surface area contributed by atoms with Crippen molar-refractivity contribution in [3.63, 3.8) is 0 Å². The second-order valence-electron chi connectivity index (χ2n) is 5.95. The number of aryl methyl sites for hydroxylation is 1. The van der Waals surface area contributed by atoms with Gasteiger partial charge in [-0.25, -0.2) is 4.79 Å². The molecule has 1 N–H and O–H groups in total. The van der Waals surface area contributed by atoms with Crippen molar-refractivity contribution in [3.8, 4) is 11.3 Å². The van der Waals surface area contributed by atoms with Gasteiger partial charge in [-0.05, 0) is 37.4 Å². The molecule has 3 rings (SSSR count). The molecule has 0 aliphatic carbocycles. The van der Waals surface area contributed by atoms with Crippen LogP contribution in [0.25, 0.3) is 11.3 Å². The van der Waals surface area contributed by atoms with Gasteiger partial charge in [-0.2, -0.15) is 0 Å². The zero-order valence-corrected chi connectivity index (χ0v) is 17.5. The summed E-state index contributed by atoms with van der Waals surface area (Å²) in [4.78, 5) is 37.4. The fraction of sp³-hybridized carbons (Fsp3) is 0.250. The lowest BCUT2D eigenvalue weighted by Crippen LogP contribution is -2.22. The minimum atomic E-state index is -0.567. The summed E-state index contributed by atoms with van der Waals surface area (Å²) in [6.45, 7) is 3.25. The molecule has 0 aliphatic rings. The van der Waals surface area contributed by atoms with Crippen molar-refractivity contribution < 1.29 is 28.3 Å². The number of hydrogen-bond donors (Lipinski definition) is 1. The Morgan fingerprint density at radius 3 is 2.62 bits per heavy atom. The van der Waals surface area contributed by atoms with Crippen molar-refractivity contribution in [1.82, 2.24) is 0 Å². The number of rotatable bonds is 8. The van der Waals surface area contributed by atoms with E-state index in [0.29, 0.717) is 22.1 Å². The number of amides is 1. The largest absolute Gasteiger partial charge is 0.462 e. The highest BCUT2D eigenvalue weighted by Crippen LogP contribution is 2.37. The van der Waals surface area contributed by atoms with Crippen LogP contribution in [0.15, 0.2) is 39.4 Å². The first-order valence-electron chi connectivity index (χ1n) is 8.81. The number of carbonyl (C=O) groups excluding carboxylic acids is 3. The van der Waals surface area contributed by atoms with Crippen LogP contribution in [-0.4, -0.2) is 31.1 Å². The lowest BCUT2D eigenvalue weighted by atomic mass is 10.1. The van der Waals surface area contributed by atoms with Gasteiger partial charge in [0.05, 0.1) is 13.0 Å². The first-order valence-corrected chi connectivity index (χ1v) is 10.6. The van der Waals surface area contributed by atoms with Crippen molar-refractivity contribution in [2.24, 2.45) is 0 Å². The number of nitrogens with one attached hydrogen (secondary N) is 1. The Kier molecular flexibility index (Phi) is 6.84. The van der Waals surface area contributed by atoms with E-state index in [-0.39, 0.29) is 18.6 Å². The first kappa shape index (κ1) is 20.8. The van der Waals surface area contributed by atoms with Gasteiger partial charge in [0.1, 0.15) is 22.1 Å². The van der Waals surface area contributed by atoms with E-state index in [1.54, 1.807) is 31.4 Å². The van der Waals surface area contributed by atoms with Gasteiger partial charge in [-0.1, -0.05) is 6.07 Å². The summed E-state index contributed by atoms with van der Waals surface area (Å²) in [6.07, 6.45) is 0.111. The van der Waals surface area contributed by atoms with Crippen LogP contribution in [0.5, 0.6) is 0 Å². The second-order valence-corrected chi connectivity index (χ2v) is 7.86. The molecule has 0 saturated heterocycles. The molecule has 152 valence electrons. The number of anilines is 1. The van der Waals surface area contributed by atoms with Crippen LogP contribution >= 0.6 is 22.7 Å². The van der Waals surface area contributed by atoms with E-state index in [4.69, 9.17) is 13.9 Å². The Balaban J connectivity index is 1.69. The van der Waals surface area contributed by atoms with E-state index in [9.17, 15) is 14.4 Å². The third-order valence-electron chi connectivity index (χ3n) is 3.79. The summed E-state index contributed by atoms with van der Waals surface area (Å²) >= 11 is 2.61. The molecule has 9 heteroatoms. The lowest BCUT2D eigenvalue weighted by Gasteiger charge is -2.08. The maximum atomic E-state index is 12.5. The number of furan rings is 1. The highest BCUT2D eigenvalue weighted by Gasteiger charge is 2.24. The maximum Gasteiger partial charge on any atom is 0.341 e. The van der Waals surface area contributed by atoms with Crippen LogP contribution in [0.1, 0.15) is 27.9 Å². The summed E-state index contributed by atoms with van der Waals surface area (Å²) in [5.41, 5.74) is 0.746. The van der Waals surface area contributed by atoms with Gasteiger partial charge in [-0.15, -0.1) is 22.7 Å². The smallest absolute Gasteiger partial charge is 0.341 e. The van der Waals surface area contributed by atoms with Gasteiger partial charge < -0.3 is 19.2 Å². The summed E-state index contributed by atoms with van der Waals surface area (Å²) in [5.74, 6) is -0.401. The summed E-state index contributed by atoms with van der Waals surface area (Å²) < 4.78 is 15.7. The van der Waals surface area contributed by atoms with Crippen molar-refractivity contribution in [3.05, 3.63) is 51.2 Å². The SMILES string of the molecule is CCOC(=O)c1c(-c2ccc(C)o2)csc1NC(=O)COC(=O)Cc1cccs1. The molecule has 0 radical (unpaired) electrons. The first-order chi connectivity index (χ1) is 14.0. The normalized spacial score (nSPS) is 10.6. The molecule has 0 atom stereocenters. The van der Waals surface area contributed by atoms with Gasteiger partial charge in [0.2, 0.25) is 0 Å². The highest BCUT2D eigenvalue weighted by molar-refractivity contribution is 7.15.